The summed E-state index contributed by atoms with van der Waals surface area (Å²) in [6, 6.07) is 3.07. The first-order chi connectivity index (χ1) is 5.41. The smallest absolute Gasteiger partial charge is 0.331 e. The SMILES string of the molecule is OC(c1ccc(Br)s1)C(F)(F)Br. The molecule has 0 spiro atoms. The molecule has 0 aliphatic rings. The molecule has 0 bridgehead atoms. The summed E-state index contributed by atoms with van der Waals surface area (Å²) in [4.78, 5) is -3.04. The Bertz CT molecular complexity index is 271. The second kappa shape index (κ2) is 3.69. The quantitative estimate of drug-likeness (QED) is 0.826. The maximum atomic E-state index is 12.5. The Morgan fingerprint density at radius 1 is 1.50 bits per heavy atom. The minimum absolute atomic E-state index is 0.226. The summed E-state index contributed by atoms with van der Waals surface area (Å²) in [6.45, 7) is 0. The van der Waals surface area contributed by atoms with Gasteiger partial charge in [-0.3, -0.25) is 0 Å². The van der Waals surface area contributed by atoms with Gasteiger partial charge in [-0.2, -0.15) is 8.78 Å². The van der Waals surface area contributed by atoms with Gasteiger partial charge in [0.05, 0.1) is 3.79 Å². The number of thiophene rings is 1. The second-order valence-corrected chi connectivity index (χ2v) is 5.64. The van der Waals surface area contributed by atoms with Gasteiger partial charge in [-0.25, -0.2) is 0 Å². The normalized spacial score (nSPS) is 14.8. The van der Waals surface area contributed by atoms with Crippen molar-refractivity contribution in [1.82, 2.24) is 0 Å². The molecule has 1 rings (SSSR count). The van der Waals surface area contributed by atoms with E-state index in [2.05, 4.69) is 31.9 Å². The molecule has 1 atom stereocenters. The van der Waals surface area contributed by atoms with E-state index in [1.54, 1.807) is 6.07 Å². The number of alkyl halides is 3. The molecule has 0 saturated carbocycles. The summed E-state index contributed by atoms with van der Waals surface area (Å²) in [6.07, 6.45) is -1.78. The summed E-state index contributed by atoms with van der Waals surface area (Å²) in [5.74, 6) is 0. The van der Waals surface area contributed by atoms with Gasteiger partial charge in [-0.05, 0) is 44.0 Å². The number of rotatable bonds is 2. The van der Waals surface area contributed by atoms with Crippen molar-refractivity contribution in [3.05, 3.63) is 20.8 Å². The van der Waals surface area contributed by atoms with Gasteiger partial charge >= 0.3 is 4.83 Å². The molecule has 0 aliphatic heterocycles. The minimum atomic E-state index is -3.27. The molecule has 68 valence electrons. The maximum absolute atomic E-state index is 12.5. The van der Waals surface area contributed by atoms with Gasteiger partial charge < -0.3 is 5.11 Å². The zero-order valence-electron chi connectivity index (χ0n) is 5.60. The summed E-state index contributed by atoms with van der Waals surface area (Å²) >= 11 is 6.29. The van der Waals surface area contributed by atoms with Crippen LogP contribution >= 0.6 is 43.2 Å². The average molecular weight is 322 g/mol. The van der Waals surface area contributed by atoms with Gasteiger partial charge in [0.15, 0.2) is 6.10 Å². The Morgan fingerprint density at radius 2 is 2.08 bits per heavy atom. The zero-order chi connectivity index (χ0) is 9.35. The van der Waals surface area contributed by atoms with E-state index in [0.717, 1.165) is 11.3 Å². The Hall–Kier alpha value is 0.480. The van der Waals surface area contributed by atoms with Crippen LogP contribution in [0.25, 0.3) is 0 Å². The minimum Gasteiger partial charge on any atom is -0.380 e. The largest absolute Gasteiger partial charge is 0.380 e. The van der Waals surface area contributed by atoms with Crippen molar-refractivity contribution in [2.45, 2.75) is 10.9 Å². The molecule has 0 aliphatic carbocycles. The lowest BCUT2D eigenvalue weighted by atomic mass is 10.3. The monoisotopic (exact) mass is 320 g/mol. The highest BCUT2D eigenvalue weighted by Gasteiger charge is 2.36. The van der Waals surface area contributed by atoms with E-state index in [4.69, 9.17) is 5.11 Å². The highest BCUT2D eigenvalue weighted by Crippen LogP contribution is 2.40. The lowest BCUT2D eigenvalue weighted by molar-refractivity contribution is -0.0275. The highest BCUT2D eigenvalue weighted by atomic mass is 79.9. The third kappa shape index (κ3) is 2.48. The fourth-order valence-corrected chi connectivity index (χ4v) is 2.48. The molecular formula is C6H4Br2F2OS. The molecule has 0 fully saturated rings. The van der Waals surface area contributed by atoms with E-state index in [0.29, 0.717) is 3.79 Å². The Kier molecular flexibility index (Phi) is 3.25. The van der Waals surface area contributed by atoms with Gasteiger partial charge in [-0.1, -0.05) is 0 Å². The van der Waals surface area contributed by atoms with E-state index < -0.39 is 10.9 Å². The van der Waals surface area contributed by atoms with Crippen LogP contribution in [0.2, 0.25) is 0 Å². The van der Waals surface area contributed by atoms with Crippen LogP contribution in [0.15, 0.2) is 15.9 Å². The average Bonchev–Trinajstić information content (AvgIpc) is 2.32. The summed E-state index contributed by atoms with van der Waals surface area (Å²) in [5.41, 5.74) is 0. The molecular weight excluding hydrogens is 318 g/mol. The third-order valence-electron chi connectivity index (χ3n) is 1.17. The molecule has 0 amide bonds. The van der Waals surface area contributed by atoms with Crippen molar-refractivity contribution in [3.63, 3.8) is 0 Å². The molecule has 1 N–H and O–H groups in total. The van der Waals surface area contributed by atoms with Gasteiger partial charge in [0.2, 0.25) is 0 Å². The molecule has 0 aromatic carbocycles. The standard InChI is InChI=1S/C6H4Br2F2OS/c7-4-2-1-3(12-4)5(11)6(8,9)10/h1-2,5,11H. The number of hydrogen-bond donors (Lipinski definition) is 1. The first kappa shape index (κ1) is 10.6. The molecule has 6 heteroatoms. The Labute approximate surface area is 88.7 Å². The maximum Gasteiger partial charge on any atom is 0.331 e. The van der Waals surface area contributed by atoms with Crippen LogP contribution in [0.3, 0.4) is 0 Å². The van der Waals surface area contributed by atoms with Crippen LogP contribution in [0.1, 0.15) is 11.0 Å². The molecule has 1 nitrogen and oxygen atoms in total. The van der Waals surface area contributed by atoms with Crippen LogP contribution < -0.4 is 0 Å². The molecule has 12 heavy (non-hydrogen) atoms. The molecule has 1 heterocycles. The van der Waals surface area contributed by atoms with Gasteiger partial charge in [0.25, 0.3) is 0 Å². The van der Waals surface area contributed by atoms with Crippen molar-refractivity contribution in [2.75, 3.05) is 0 Å². The lowest BCUT2D eigenvalue weighted by Crippen LogP contribution is -2.16. The predicted molar refractivity (Wildman–Crippen MR) is 50.9 cm³/mol. The van der Waals surface area contributed by atoms with Crippen LogP contribution in [0, 0.1) is 0 Å². The van der Waals surface area contributed by atoms with Crippen molar-refractivity contribution in [3.8, 4) is 0 Å². The molecule has 1 aromatic rings. The van der Waals surface area contributed by atoms with Crippen molar-refractivity contribution in [2.24, 2.45) is 0 Å². The molecule has 1 aromatic heterocycles. The van der Waals surface area contributed by atoms with E-state index in [9.17, 15) is 8.78 Å². The molecule has 0 saturated heterocycles. The first-order valence-electron chi connectivity index (χ1n) is 2.91. The van der Waals surface area contributed by atoms with Crippen LogP contribution in [-0.4, -0.2) is 9.94 Å². The van der Waals surface area contributed by atoms with Crippen molar-refractivity contribution >= 4 is 43.2 Å². The van der Waals surface area contributed by atoms with E-state index in [1.165, 1.54) is 6.07 Å². The fourth-order valence-electron chi connectivity index (χ4n) is 0.637. The summed E-state index contributed by atoms with van der Waals surface area (Å²) in [5, 5.41) is 9.06. The summed E-state index contributed by atoms with van der Waals surface area (Å²) in [7, 11) is 0. The topological polar surface area (TPSA) is 20.2 Å². The van der Waals surface area contributed by atoms with Gasteiger partial charge in [0, 0.05) is 4.88 Å². The van der Waals surface area contributed by atoms with Crippen molar-refractivity contribution in [1.29, 1.82) is 0 Å². The number of aliphatic hydroxyl groups excluding tert-OH is 1. The number of hydrogen-bond acceptors (Lipinski definition) is 2. The van der Waals surface area contributed by atoms with E-state index in [-0.39, 0.29) is 4.88 Å². The summed E-state index contributed by atoms with van der Waals surface area (Å²) < 4.78 is 25.7. The van der Waals surface area contributed by atoms with E-state index in [1.807, 2.05) is 0 Å². The lowest BCUT2D eigenvalue weighted by Gasteiger charge is -2.13. The van der Waals surface area contributed by atoms with Gasteiger partial charge in [0.1, 0.15) is 0 Å². The van der Waals surface area contributed by atoms with Gasteiger partial charge in [-0.15, -0.1) is 11.3 Å². The number of aliphatic hydroxyl groups is 1. The molecule has 1 unspecified atom stereocenters. The number of halogens is 4. The predicted octanol–water partition coefficient (Wildman–Crippen LogP) is 3.53. The van der Waals surface area contributed by atoms with Crippen LogP contribution in [0.4, 0.5) is 8.78 Å². The van der Waals surface area contributed by atoms with Crippen LogP contribution in [-0.2, 0) is 0 Å². The van der Waals surface area contributed by atoms with E-state index >= 15 is 0 Å². The Morgan fingerprint density at radius 3 is 2.42 bits per heavy atom. The molecule has 0 radical (unpaired) electrons. The third-order valence-corrected chi connectivity index (χ3v) is 3.28. The first-order valence-corrected chi connectivity index (χ1v) is 5.31. The highest BCUT2D eigenvalue weighted by molar-refractivity contribution is 9.11. The fraction of sp³-hybridized carbons (Fsp3) is 0.333. The zero-order valence-corrected chi connectivity index (χ0v) is 9.59. The Balaban J connectivity index is 2.85. The van der Waals surface area contributed by atoms with Crippen LogP contribution in [0.5, 0.6) is 0 Å². The van der Waals surface area contributed by atoms with Crippen molar-refractivity contribution < 1.29 is 13.9 Å². The second-order valence-electron chi connectivity index (χ2n) is 2.09.